The lowest BCUT2D eigenvalue weighted by atomic mass is 9.59. The number of halogens is 1. The molecule has 2 aromatic heterocycles. The number of fused-ring (bicyclic) bond motifs is 2. The van der Waals surface area contributed by atoms with E-state index in [1.807, 2.05) is 0 Å². The van der Waals surface area contributed by atoms with Gasteiger partial charge in [0.1, 0.15) is 35.7 Å². The minimum atomic E-state index is -4.72. The molecule has 1 aliphatic carbocycles. The fraction of sp³-hybridized carbons (Fsp3) is 0.447. The summed E-state index contributed by atoms with van der Waals surface area (Å²) in [5.74, 6) is -1.04. The van der Waals surface area contributed by atoms with Crippen molar-refractivity contribution < 1.29 is 41.5 Å². The quantitative estimate of drug-likeness (QED) is 0.0860. The topological polar surface area (TPSA) is 190 Å². The van der Waals surface area contributed by atoms with Gasteiger partial charge in [-0.05, 0) is 85.7 Å². The molecule has 5 aliphatic rings. The molecule has 342 valence electrons. The number of H-pyrrole nitrogens is 1. The Bertz CT molecular complexity index is 2750. The number of carbonyl (C=O) groups excluding carboxylic acids is 1. The Kier molecular flexibility index (Phi) is 11.4. The van der Waals surface area contributed by atoms with Gasteiger partial charge >= 0.3 is 0 Å². The van der Waals surface area contributed by atoms with Crippen molar-refractivity contribution in [3.05, 3.63) is 106 Å². The van der Waals surface area contributed by atoms with Gasteiger partial charge in [-0.2, -0.15) is 0 Å². The molecular formula is C47H52FN7O9S. The molecule has 0 bridgehead atoms. The van der Waals surface area contributed by atoms with Crippen LogP contribution in [-0.2, 0) is 19.5 Å². The van der Waals surface area contributed by atoms with Gasteiger partial charge in [-0.25, -0.2) is 22.5 Å². The molecule has 1 spiro atoms. The monoisotopic (exact) mass is 909 g/mol. The second kappa shape index (κ2) is 17.2. The van der Waals surface area contributed by atoms with Gasteiger partial charge in [-0.3, -0.25) is 19.8 Å². The number of anilines is 2. The Morgan fingerprint density at radius 2 is 1.88 bits per heavy atom. The Balaban J connectivity index is 0.869. The summed E-state index contributed by atoms with van der Waals surface area (Å²) in [7, 11) is -4.72. The fourth-order valence-electron chi connectivity index (χ4n) is 10.6. The van der Waals surface area contributed by atoms with Gasteiger partial charge in [-0.15, -0.1) is 0 Å². The zero-order valence-corrected chi connectivity index (χ0v) is 37.1. The molecule has 1 saturated carbocycles. The van der Waals surface area contributed by atoms with Crippen molar-refractivity contribution in [1.29, 1.82) is 0 Å². The third-order valence-electron chi connectivity index (χ3n) is 14.0. The molecule has 5 aromatic rings. The van der Waals surface area contributed by atoms with Crippen LogP contribution in [0.1, 0.15) is 85.8 Å². The van der Waals surface area contributed by atoms with Crippen LogP contribution < -0.4 is 24.4 Å². The van der Waals surface area contributed by atoms with E-state index >= 15 is 0 Å². The number of nitro benzene ring substituents is 1. The number of nitrogens with one attached hydrogen (secondary N) is 3. The first-order chi connectivity index (χ1) is 31.3. The number of rotatable bonds is 11. The first kappa shape index (κ1) is 43.1. The molecule has 10 rings (SSSR count). The van der Waals surface area contributed by atoms with Crippen LogP contribution in [0.25, 0.3) is 11.0 Å². The lowest BCUT2D eigenvalue weighted by Gasteiger charge is -2.56. The predicted octanol–water partition coefficient (Wildman–Crippen LogP) is 7.82. The van der Waals surface area contributed by atoms with Crippen molar-refractivity contribution in [2.75, 3.05) is 56.3 Å². The summed E-state index contributed by atoms with van der Waals surface area (Å²) >= 11 is 0. The lowest BCUT2D eigenvalue weighted by Crippen LogP contribution is -2.54. The molecule has 1 amide bonds. The van der Waals surface area contributed by atoms with E-state index in [1.165, 1.54) is 48.5 Å². The number of benzene rings is 3. The highest BCUT2D eigenvalue weighted by atomic mass is 32.2. The van der Waals surface area contributed by atoms with E-state index in [0.29, 0.717) is 36.9 Å². The van der Waals surface area contributed by atoms with E-state index < -0.39 is 49.4 Å². The number of piperidine rings is 1. The first-order valence-corrected chi connectivity index (χ1v) is 23.9. The van der Waals surface area contributed by atoms with Crippen LogP contribution in [0.3, 0.4) is 0 Å². The largest absolute Gasteiger partial charge is 0.489 e. The van der Waals surface area contributed by atoms with Gasteiger partial charge in [0.15, 0.2) is 11.4 Å². The lowest BCUT2D eigenvalue weighted by molar-refractivity contribution is -0.384. The summed E-state index contributed by atoms with van der Waals surface area (Å²) in [5.41, 5.74) is 3.55. The van der Waals surface area contributed by atoms with Crippen LogP contribution in [0.2, 0.25) is 0 Å². The predicted molar refractivity (Wildman–Crippen MR) is 240 cm³/mol. The number of hydrogen-bond acceptors (Lipinski definition) is 13. The molecule has 3 aromatic carbocycles. The van der Waals surface area contributed by atoms with Crippen LogP contribution in [0.5, 0.6) is 17.2 Å². The Hall–Kier alpha value is -5.82. The van der Waals surface area contributed by atoms with Gasteiger partial charge in [0, 0.05) is 55.3 Å². The van der Waals surface area contributed by atoms with Gasteiger partial charge in [0.2, 0.25) is 0 Å². The van der Waals surface area contributed by atoms with E-state index in [2.05, 4.69) is 67.9 Å². The molecule has 0 radical (unpaired) electrons. The molecule has 18 heteroatoms. The van der Waals surface area contributed by atoms with E-state index in [9.17, 15) is 27.7 Å². The summed E-state index contributed by atoms with van der Waals surface area (Å²) in [6, 6.07) is 17.8. The maximum Gasteiger partial charge on any atom is 0.297 e. The molecule has 65 heavy (non-hydrogen) atoms. The minimum Gasteiger partial charge on any atom is -0.489 e. The SMILES string of the molecule is CC(C)c1ccccc1[C@H]1CCCN1C1CC2(CCN(c3ccc(C(=O)NS(=O)(=O)c4cc5c(c([N+](=O)[O-])c4)NC([C@H]4COCCO4)CO5)c(Oc4cnc5[nH]cc(F)c5c4)c3)CC2)C1. The van der Waals surface area contributed by atoms with Crippen LogP contribution >= 0.6 is 0 Å². The average Bonchev–Trinajstić information content (AvgIpc) is 3.94. The first-order valence-electron chi connectivity index (χ1n) is 22.4. The van der Waals surface area contributed by atoms with Crippen molar-refractivity contribution >= 4 is 44.0 Å². The molecule has 16 nitrogen and oxygen atoms in total. The van der Waals surface area contributed by atoms with Crippen molar-refractivity contribution in [3.8, 4) is 17.2 Å². The van der Waals surface area contributed by atoms with Crippen LogP contribution in [0.15, 0.2) is 78.0 Å². The molecule has 6 heterocycles. The van der Waals surface area contributed by atoms with Crippen molar-refractivity contribution in [2.24, 2.45) is 5.41 Å². The maximum atomic E-state index is 14.6. The smallest absolute Gasteiger partial charge is 0.297 e. The molecule has 4 aliphatic heterocycles. The Morgan fingerprint density at radius 3 is 2.65 bits per heavy atom. The number of carbonyl (C=O) groups is 1. The van der Waals surface area contributed by atoms with Gasteiger partial charge < -0.3 is 34.1 Å². The Labute approximate surface area is 376 Å². The second-order valence-corrected chi connectivity index (χ2v) is 20.0. The number of hydrogen-bond donors (Lipinski definition) is 3. The molecule has 3 N–H and O–H groups in total. The average molecular weight is 910 g/mol. The van der Waals surface area contributed by atoms with E-state index in [4.69, 9.17) is 18.9 Å². The van der Waals surface area contributed by atoms with Gasteiger partial charge in [0.25, 0.3) is 21.6 Å². The third-order valence-corrected chi connectivity index (χ3v) is 15.3. The number of likely N-dealkylation sites (tertiary alicyclic amines) is 1. The van der Waals surface area contributed by atoms with Crippen LogP contribution in [0.4, 0.5) is 21.5 Å². The highest BCUT2D eigenvalue weighted by Gasteiger charge is 2.50. The highest BCUT2D eigenvalue weighted by molar-refractivity contribution is 7.90. The Morgan fingerprint density at radius 1 is 1.06 bits per heavy atom. The fourth-order valence-corrected chi connectivity index (χ4v) is 11.6. The normalized spacial score (nSPS) is 22.3. The van der Waals surface area contributed by atoms with Crippen molar-refractivity contribution in [2.45, 2.75) is 87.4 Å². The van der Waals surface area contributed by atoms with E-state index in [1.54, 1.807) is 12.1 Å². The van der Waals surface area contributed by atoms with E-state index in [0.717, 1.165) is 63.1 Å². The number of nitro groups is 1. The van der Waals surface area contributed by atoms with Crippen molar-refractivity contribution in [1.82, 2.24) is 19.6 Å². The molecule has 3 saturated heterocycles. The standard InChI is InChI=1S/C47H52FN7O9S/c1-28(2)33-6-3-4-7-34(33)39-8-5-13-54(39)30-22-47(23-30)11-14-53(15-12-47)29-9-10-35(41(18-29)64-31-19-36-37(48)25-50-45(36)49-24-31)46(56)52-65(59,60)32-20-40(55(57)58)44-42(21-32)63-26-38(51-44)43-27-61-16-17-62-43/h3-4,6-7,9-10,18-21,24-25,28,30,38-39,43,51H,5,8,11-17,22-23,26-27H2,1-2H3,(H,49,50)(H,52,56)/t38?,39-,43-/m1/s1. The second-order valence-electron chi connectivity index (χ2n) is 18.3. The zero-order valence-electron chi connectivity index (χ0n) is 36.3. The summed E-state index contributed by atoms with van der Waals surface area (Å²) in [4.78, 5) is 37.1. The summed E-state index contributed by atoms with van der Waals surface area (Å²) in [5, 5.41) is 15.5. The summed E-state index contributed by atoms with van der Waals surface area (Å²) in [6.45, 7) is 8.31. The highest BCUT2D eigenvalue weighted by Crippen LogP contribution is 2.54. The number of sulfonamides is 1. The van der Waals surface area contributed by atoms with Crippen LogP contribution in [0, 0.1) is 21.3 Å². The van der Waals surface area contributed by atoms with Gasteiger partial charge in [0.05, 0.1) is 52.8 Å². The molecule has 3 atom stereocenters. The number of nitrogens with zero attached hydrogens (tertiary/aromatic N) is 4. The third kappa shape index (κ3) is 8.36. The summed E-state index contributed by atoms with van der Waals surface area (Å²) in [6.07, 6.45) is 8.85. The van der Waals surface area contributed by atoms with Crippen molar-refractivity contribution in [3.63, 3.8) is 0 Å². The van der Waals surface area contributed by atoms with Crippen LogP contribution in [-0.4, -0.2) is 98.4 Å². The number of aromatic amines is 1. The number of pyridine rings is 1. The van der Waals surface area contributed by atoms with E-state index in [-0.39, 0.29) is 52.5 Å². The number of aromatic nitrogens is 2. The maximum absolute atomic E-state index is 14.6. The molecule has 4 fully saturated rings. The zero-order chi connectivity index (χ0) is 45.0. The number of ether oxygens (including phenoxy) is 4. The molecule has 1 unspecified atom stereocenters. The summed E-state index contributed by atoms with van der Waals surface area (Å²) < 4.78 is 67.8. The minimum absolute atomic E-state index is 0.00865. The number of amides is 1. The molecular weight excluding hydrogens is 858 g/mol. The van der Waals surface area contributed by atoms with Gasteiger partial charge in [-0.1, -0.05) is 38.1 Å².